The van der Waals surface area contributed by atoms with Crippen molar-refractivity contribution in [2.24, 2.45) is 5.41 Å². The van der Waals surface area contributed by atoms with Crippen LogP contribution in [-0.4, -0.2) is 25.5 Å². The molecule has 1 rings (SSSR count). The number of nitrogens with one attached hydrogen (secondary N) is 1. The van der Waals surface area contributed by atoms with Gasteiger partial charge in [0.1, 0.15) is 6.04 Å². The van der Waals surface area contributed by atoms with E-state index >= 15 is 0 Å². The zero-order chi connectivity index (χ0) is 15.7. The zero-order valence-electron chi connectivity index (χ0n) is 11.8. The smallest absolute Gasteiger partial charge is 0.322 e. The van der Waals surface area contributed by atoms with Crippen molar-refractivity contribution in [2.75, 3.05) is 0 Å². The fourth-order valence-electron chi connectivity index (χ4n) is 1.64. The second-order valence-corrected chi connectivity index (χ2v) is 8.23. The normalized spacial score (nSPS) is 14.1. The van der Waals surface area contributed by atoms with E-state index in [0.29, 0.717) is 4.47 Å². The van der Waals surface area contributed by atoms with Crippen LogP contribution in [0.25, 0.3) is 0 Å². The lowest BCUT2D eigenvalue weighted by Crippen LogP contribution is -2.49. The van der Waals surface area contributed by atoms with Crippen LogP contribution in [0.5, 0.6) is 0 Å². The van der Waals surface area contributed by atoms with Crippen LogP contribution in [0.15, 0.2) is 27.6 Å². The summed E-state index contributed by atoms with van der Waals surface area (Å²) >= 11 is 3.19. The highest BCUT2D eigenvalue weighted by Gasteiger charge is 2.35. The second kappa shape index (κ2) is 5.83. The van der Waals surface area contributed by atoms with Crippen LogP contribution in [0.3, 0.4) is 0 Å². The maximum atomic E-state index is 12.3. The van der Waals surface area contributed by atoms with E-state index in [2.05, 4.69) is 20.7 Å². The zero-order valence-corrected chi connectivity index (χ0v) is 14.2. The van der Waals surface area contributed by atoms with Crippen molar-refractivity contribution in [2.45, 2.75) is 38.6 Å². The molecular formula is C13H18BrNO4S. The Morgan fingerprint density at radius 2 is 1.90 bits per heavy atom. The van der Waals surface area contributed by atoms with Gasteiger partial charge in [0.15, 0.2) is 0 Å². The molecule has 1 atom stereocenters. The summed E-state index contributed by atoms with van der Waals surface area (Å²) in [5.74, 6) is -1.20. The van der Waals surface area contributed by atoms with Gasteiger partial charge in [-0.25, -0.2) is 8.42 Å². The van der Waals surface area contributed by atoms with Gasteiger partial charge in [-0.3, -0.25) is 4.79 Å². The lowest BCUT2D eigenvalue weighted by atomic mass is 9.88. The van der Waals surface area contributed by atoms with E-state index in [9.17, 15) is 18.3 Å². The molecule has 0 aliphatic heterocycles. The highest BCUT2D eigenvalue weighted by molar-refractivity contribution is 9.10. The third-order valence-electron chi connectivity index (χ3n) is 2.76. The van der Waals surface area contributed by atoms with Gasteiger partial charge in [-0.2, -0.15) is 4.72 Å². The summed E-state index contributed by atoms with van der Waals surface area (Å²) < 4.78 is 27.3. The third-order valence-corrected chi connectivity index (χ3v) is 5.16. The average molecular weight is 364 g/mol. The predicted octanol–water partition coefficient (Wildman–Crippen LogP) is 2.54. The SMILES string of the molecule is Cc1ccc(S(=O)(=O)N[C@H](C(=O)O)C(C)(C)C)c(Br)c1. The molecule has 0 saturated heterocycles. The van der Waals surface area contributed by atoms with E-state index < -0.39 is 27.4 Å². The van der Waals surface area contributed by atoms with Crippen LogP contribution in [0, 0.1) is 12.3 Å². The Kier molecular flexibility index (Phi) is 4.99. The molecule has 112 valence electrons. The second-order valence-electron chi connectivity index (χ2n) is 5.69. The first-order valence-corrected chi connectivity index (χ1v) is 8.24. The van der Waals surface area contributed by atoms with Crippen molar-refractivity contribution in [1.29, 1.82) is 0 Å². The Morgan fingerprint density at radius 3 is 2.30 bits per heavy atom. The van der Waals surface area contributed by atoms with Gasteiger partial charge in [-0.15, -0.1) is 0 Å². The van der Waals surface area contributed by atoms with Crippen LogP contribution in [-0.2, 0) is 14.8 Å². The highest BCUT2D eigenvalue weighted by Crippen LogP contribution is 2.26. The van der Waals surface area contributed by atoms with Crippen molar-refractivity contribution in [3.05, 3.63) is 28.2 Å². The number of carboxylic acids is 1. The van der Waals surface area contributed by atoms with Crippen molar-refractivity contribution in [1.82, 2.24) is 4.72 Å². The van der Waals surface area contributed by atoms with Gasteiger partial charge >= 0.3 is 5.97 Å². The molecule has 20 heavy (non-hydrogen) atoms. The Bertz CT molecular complexity index is 620. The van der Waals surface area contributed by atoms with Crippen LogP contribution in [0.2, 0.25) is 0 Å². The fraction of sp³-hybridized carbons (Fsp3) is 0.462. The summed E-state index contributed by atoms with van der Waals surface area (Å²) in [4.78, 5) is 11.3. The molecule has 0 amide bonds. The lowest BCUT2D eigenvalue weighted by Gasteiger charge is -2.27. The van der Waals surface area contributed by atoms with E-state index in [-0.39, 0.29) is 4.90 Å². The molecular weight excluding hydrogens is 346 g/mol. The van der Waals surface area contributed by atoms with Crippen LogP contribution in [0.1, 0.15) is 26.3 Å². The summed E-state index contributed by atoms with van der Waals surface area (Å²) in [6.45, 7) is 6.83. The standard InChI is InChI=1S/C13H18BrNO4S/c1-8-5-6-10(9(14)7-8)20(18,19)15-11(12(16)17)13(2,3)4/h5-7,11,15H,1-4H3,(H,16,17)/t11-/m1/s1. The minimum atomic E-state index is -3.91. The largest absolute Gasteiger partial charge is 0.480 e. The number of rotatable bonds is 4. The minimum absolute atomic E-state index is 0.0265. The van der Waals surface area contributed by atoms with E-state index in [1.807, 2.05) is 6.92 Å². The number of halogens is 1. The Labute approximate surface area is 127 Å². The first-order valence-electron chi connectivity index (χ1n) is 5.96. The summed E-state index contributed by atoms with van der Waals surface area (Å²) in [6.07, 6.45) is 0. The number of aryl methyl sites for hydroxylation is 1. The van der Waals surface area contributed by atoms with E-state index in [1.54, 1.807) is 32.9 Å². The van der Waals surface area contributed by atoms with Crippen molar-refractivity contribution in [3.63, 3.8) is 0 Å². The Hall–Kier alpha value is -0.920. The van der Waals surface area contributed by atoms with Gasteiger partial charge < -0.3 is 5.11 Å². The average Bonchev–Trinajstić information content (AvgIpc) is 2.23. The third kappa shape index (κ3) is 4.04. The molecule has 1 aromatic carbocycles. The molecule has 0 spiro atoms. The van der Waals surface area contributed by atoms with E-state index in [4.69, 9.17) is 0 Å². The van der Waals surface area contributed by atoms with Gasteiger partial charge in [0.05, 0.1) is 4.90 Å². The molecule has 0 unspecified atom stereocenters. The number of carboxylic acid groups (broad SMARTS) is 1. The summed E-state index contributed by atoms with van der Waals surface area (Å²) in [7, 11) is -3.91. The molecule has 0 aromatic heterocycles. The molecule has 0 radical (unpaired) electrons. The maximum absolute atomic E-state index is 12.3. The molecule has 0 aliphatic rings. The summed E-state index contributed by atoms with van der Waals surface area (Å²) in [5.41, 5.74) is 0.164. The van der Waals surface area contributed by atoms with Crippen molar-refractivity contribution in [3.8, 4) is 0 Å². The van der Waals surface area contributed by atoms with E-state index in [0.717, 1.165) is 5.56 Å². The van der Waals surface area contributed by atoms with Crippen molar-refractivity contribution < 1.29 is 18.3 Å². The lowest BCUT2D eigenvalue weighted by molar-refractivity contribution is -0.141. The molecule has 0 heterocycles. The topological polar surface area (TPSA) is 83.5 Å². The molecule has 7 heteroatoms. The summed E-state index contributed by atoms with van der Waals surface area (Å²) in [5, 5.41) is 9.19. The Balaban J connectivity index is 3.20. The fourth-order valence-corrected chi connectivity index (χ4v) is 4.23. The van der Waals surface area contributed by atoms with Gasteiger partial charge in [0, 0.05) is 4.47 Å². The number of benzene rings is 1. The number of sulfonamides is 1. The number of carbonyl (C=O) groups is 1. The molecule has 1 aromatic rings. The number of hydrogen-bond acceptors (Lipinski definition) is 3. The number of aliphatic carboxylic acids is 1. The van der Waals surface area contributed by atoms with E-state index in [1.165, 1.54) is 6.07 Å². The quantitative estimate of drug-likeness (QED) is 0.860. The molecule has 5 nitrogen and oxygen atoms in total. The van der Waals surface area contributed by atoms with Gasteiger partial charge in [-0.05, 0) is 46.0 Å². The first-order chi connectivity index (χ1) is 8.95. The van der Waals surface area contributed by atoms with Crippen LogP contribution in [0.4, 0.5) is 0 Å². The predicted molar refractivity (Wildman–Crippen MR) is 80.1 cm³/mol. The van der Waals surface area contributed by atoms with Gasteiger partial charge in [-0.1, -0.05) is 26.8 Å². The molecule has 0 aliphatic carbocycles. The van der Waals surface area contributed by atoms with Crippen molar-refractivity contribution >= 4 is 31.9 Å². The number of hydrogen-bond donors (Lipinski definition) is 2. The molecule has 0 bridgehead atoms. The first kappa shape index (κ1) is 17.1. The highest BCUT2D eigenvalue weighted by atomic mass is 79.9. The molecule has 0 fully saturated rings. The minimum Gasteiger partial charge on any atom is -0.480 e. The Morgan fingerprint density at radius 1 is 1.35 bits per heavy atom. The van der Waals surface area contributed by atoms with Gasteiger partial charge in [0.25, 0.3) is 0 Å². The van der Waals surface area contributed by atoms with Crippen LogP contribution >= 0.6 is 15.9 Å². The van der Waals surface area contributed by atoms with Gasteiger partial charge in [0.2, 0.25) is 10.0 Å². The molecule has 2 N–H and O–H groups in total. The van der Waals surface area contributed by atoms with Crippen LogP contribution < -0.4 is 4.72 Å². The maximum Gasteiger partial charge on any atom is 0.322 e. The molecule has 0 saturated carbocycles. The monoisotopic (exact) mass is 363 g/mol. The summed E-state index contributed by atoms with van der Waals surface area (Å²) in [6, 6.07) is 3.57.